The standard InChI is InChI=1S/C33H50O5/c1-20(34)38-25-11-12-30(6)23(29(25,4)5)10-13-31(7)24(30)18-22(35)26-21-19-28(2,3)14-16-33(21,27(36)37-9)17-15-32(26,31)8/h23-25H,10-19H2,1-9H3/t23?,24?,25-,30-,31+,32+,33-/m0/s1. The first-order chi connectivity index (χ1) is 17.5. The summed E-state index contributed by atoms with van der Waals surface area (Å²) in [5, 5.41) is 0. The van der Waals surface area contributed by atoms with Gasteiger partial charge in [0.25, 0.3) is 0 Å². The highest BCUT2D eigenvalue weighted by Crippen LogP contribution is 2.75. The molecule has 0 bridgehead atoms. The minimum atomic E-state index is -0.636. The number of allylic oxidation sites excluding steroid dienone is 1. The molecule has 0 radical (unpaired) electrons. The van der Waals surface area contributed by atoms with Crippen LogP contribution in [0, 0.1) is 44.3 Å². The lowest BCUT2D eigenvalue weighted by Crippen LogP contribution is -2.66. The van der Waals surface area contributed by atoms with E-state index in [1.165, 1.54) is 14.0 Å². The Morgan fingerprint density at radius 1 is 0.842 bits per heavy atom. The number of hydrogen-bond acceptors (Lipinski definition) is 5. The monoisotopic (exact) mass is 526 g/mol. The third-order valence-electron chi connectivity index (χ3n) is 13.2. The molecule has 5 aliphatic rings. The molecule has 212 valence electrons. The van der Waals surface area contributed by atoms with E-state index in [1.807, 2.05) is 0 Å². The smallest absolute Gasteiger partial charge is 0.315 e. The third-order valence-corrected chi connectivity index (χ3v) is 13.2. The second-order valence-corrected chi connectivity index (χ2v) is 15.8. The fourth-order valence-corrected chi connectivity index (χ4v) is 10.9. The molecule has 0 amide bonds. The van der Waals surface area contributed by atoms with Gasteiger partial charge in [0.05, 0.1) is 12.5 Å². The molecule has 5 aliphatic carbocycles. The summed E-state index contributed by atoms with van der Waals surface area (Å²) in [6.45, 7) is 17.9. The summed E-state index contributed by atoms with van der Waals surface area (Å²) in [6, 6.07) is 0. The Morgan fingerprint density at radius 2 is 1.50 bits per heavy atom. The number of carbonyl (C=O) groups excluding carboxylic acids is 3. The van der Waals surface area contributed by atoms with Gasteiger partial charge in [-0.25, -0.2) is 0 Å². The van der Waals surface area contributed by atoms with Crippen LogP contribution in [0.1, 0.15) is 120 Å². The number of methoxy groups -OCH3 is 1. The number of Topliss-reactive ketones (excluding diaryl/α,β-unsaturated/α-hetero) is 1. The lowest BCUT2D eigenvalue weighted by Gasteiger charge is -2.70. The molecule has 0 aliphatic heterocycles. The first-order valence-corrected chi connectivity index (χ1v) is 15.0. The van der Waals surface area contributed by atoms with Crippen molar-refractivity contribution < 1.29 is 23.9 Å². The minimum absolute atomic E-state index is 0.00470. The van der Waals surface area contributed by atoms with Crippen LogP contribution in [0.2, 0.25) is 0 Å². The zero-order valence-electron chi connectivity index (χ0n) is 25.3. The molecule has 0 aromatic heterocycles. The molecule has 5 heteroatoms. The van der Waals surface area contributed by atoms with Crippen LogP contribution in [0.15, 0.2) is 11.1 Å². The molecule has 5 nitrogen and oxygen atoms in total. The molecule has 38 heavy (non-hydrogen) atoms. The van der Waals surface area contributed by atoms with E-state index in [0.29, 0.717) is 12.3 Å². The topological polar surface area (TPSA) is 69.7 Å². The lowest BCUT2D eigenvalue weighted by molar-refractivity contribution is -0.212. The van der Waals surface area contributed by atoms with Gasteiger partial charge in [-0.15, -0.1) is 0 Å². The molecular formula is C33H50O5. The van der Waals surface area contributed by atoms with E-state index >= 15 is 0 Å². The van der Waals surface area contributed by atoms with E-state index in [1.54, 1.807) is 0 Å². The number of ether oxygens (including phenoxy) is 2. The summed E-state index contributed by atoms with van der Waals surface area (Å²) in [6.07, 6.45) is 8.65. The summed E-state index contributed by atoms with van der Waals surface area (Å²) in [7, 11) is 1.50. The van der Waals surface area contributed by atoms with Crippen molar-refractivity contribution in [3.8, 4) is 0 Å². The Morgan fingerprint density at radius 3 is 2.13 bits per heavy atom. The van der Waals surface area contributed by atoms with Gasteiger partial charge in [-0.2, -0.15) is 0 Å². The highest BCUT2D eigenvalue weighted by molar-refractivity contribution is 6.01. The van der Waals surface area contributed by atoms with Gasteiger partial charge in [-0.05, 0) is 91.4 Å². The van der Waals surface area contributed by atoms with Crippen molar-refractivity contribution >= 4 is 17.7 Å². The highest BCUT2D eigenvalue weighted by atomic mass is 16.5. The van der Waals surface area contributed by atoms with E-state index in [9.17, 15) is 14.4 Å². The summed E-state index contributed by atoms with van der Waals surface area (Å²) < 4.78 is 11.3. The third kappa shape index (κ3) is 3.51. The first kappa shape index (κ1) is 27.9. The van der Waals surface area contributed by atoms with Gasteiger partial charge in [0.15, 0.2) is 5.78 Å². The second-order valence-electron chi connectivity index (χ2n) is 15.8. The highest BCUT2D eigenvalue weighted by Gasteiger charge is 2.70. The summed E-state index contributed by atoms with van der Waals surface area (Å²) in [5.74, 6) is 0.602. The quantitative estimate of drug-likeness (QED) is 0.355. The molecule has 0 aromatic carbocycles. The SMILES string of the molecule is COC(=O)[C@]12CCC(C)(C)CC1=C1C(=O)CC3[C@@]4(C)CC[C@H](OC(C)=O)C(C)(C)C4CC[C@@]3(C)[C@]1(C)CC2. The number of ketones is 1. The van der Waals surface area contributed by atoms with Crippen molar-refractivity contribution in [3.63, 3.8) is 0 Å². The second kappa shape index (κ2) is 8.43. The Hall–Kier alpha value is -1.65. The molecule has 2 unspecified atom stereocenters. The van der Waals surface area contributed by atoms with Crippen LogP contribution in [-0.2, 0) is 23.9 Å². The van der Waals surface area contributed by atoms with E-state index < -0.39 is 5.41 Å². The van der Waals surface area contributed by atoms with Crippen LogP contribution in [0.5, 0.6) is 0 Å². The Bertz CT molecular complexity index is 1100. The summed E-state index contributed by atoms with van der Waals surface area (Å²) >= 11 is 0. The van der Waals surface area contributed by atoms with E-state index in [-0.39, 0.29) is 56.8 Å². The Balaban J connectivity index is 1.62. The Kier molecular flexibility index (Phi) is 6.19. The van der Waals surface area contributed by atoms with Crippen LogP contribution in [0.3, 0.4) is 0 Å². The molecular weight excluding hydrogens is 476 g/mol. The average Bonchev–Trinajstić information content (AvgIpc) is 2.81. The largest absolute Gasteiger partial charge is 0.468 e. The van der Waals surface area contributed by atoms with Crippen molar-refractivity contribution in [1.29, 1.82) is 0 Å². The molecule has 5 rings (SSSR count). The maximum atomic E-state index is 14.5. The van der Waals surface area contributed by atoms with Gasteiger partial charge in [0.1, 0.15) is 6.10 Å². The number of carbonyl (C=O) groups is 3. The van der Waals surface area contributed by atoms with Crippen molar-refractivity contribution in [2.45, 2.75) is 126 Å². The van der Waals surface area contributed by atoms with Crippen molar-refractivity contribution in [1.82, 2.24) is 0 Å². The fraction of sp³-hybridized carbons (Fsp3) is 0.848. The molecule has 4 saturated carbocycles. The minimum Gasteiger partial charge on any atom is -0.468 e. The van der Waals surface area contributed by atoms with Gasteiger partial charge in [0, 0.05) is 29.7 Å². The van der Waals surface area contributed by atoms with Crippen LogP contribution >= 0.6 is 0 Å². The van der Waals surface area contributed by atoms with Gasteiger partial charge < -0.3 is 9.47 Å². The molecule has 0 aromatic rings. The zero-order chi connectivity index (χ0) is 28.1. The molecule has 0 spiro atoms. The average molecular weight is 527 g/mol. The molecule has 0 heterocycles. The number of esters is 2. The van der Waals surface area contributed by atoms with E-state index in [4.69, 9.17) is 9.47 Å². The van der Waals surface area contributed by atoms with E-state index in [0.717, 1.165) is 68.9 Å². The van der Waals surface area contributed by atoms with Gasteiger partial charge >= 0.3 is 11.9 Å². The van der Waals surface area contributed by atoms with Gasteiger partial charge in [-0.1, -0.05) is 48.5 Å². The molecule has 4 fully saturated rings. The number of hydrogen-bond donors (Lipinski definition) is 0. The van der Waals surface area contributed by atoms with Crippen LogP contribution in [0.25, 0.3) is 0 Å². The van der Waals surface area contributed by atoms with Crippen LogP contribution in [0.4, 0.5) is 0 Å². The predicted octanol–water partition coefficient (Wildman–Crippen LogP) is 7.22. The maximum absolute atomic E-state index is 14.5. The van der Waals surface area contributed by atoms with Crippen LogP contribution < -0.4 is 0 Å². The maximum Gasteiger partial charge on any atom is 0.315 e. The summed E-state index contributed by atoms with van der Waals surface area (Å²) in [4.78, 5) is 39.8. The Labute approximate surface area is 229 Å². The molecule has 0 saturated heterocycles. The predicted molar refractivity (Wildman–Crippen MR) is 147 cm³/mol. The first-order valence-electron chi connectivity index (χ1n) is 15.0. The summed E-state index contributed by atoms with van der Waals surface area (Å²) in [5.41, 5.74) is 1.14. The molecule has 0 N–H and O–H groups in total. The normalized spacial score (nSPS) is 45.2. The van der Waals surface area contributed by atoms with Crippen LogP contribution in [-0.4, -0.2) is 30.9 Å². The van der Waals surface area contributed by atoms with Crippen molar-refractivity contribution in [3.05, 3.63) is 11.1 Å². The van der Waals surface area contributed by atoms with E-state index in [2.05, 4.69) is 48.5 Å². The fourth-order valence-electron chi connectivity index (χ4n) is 10.9. The zero-order valence-corrected chi connectivity index (χ0v) is 25.3. The lowest BCUT2D eigenvalue weighted by atomic mass is 9.34. The van der Waals surface area contributed by atoms with Crippen molar-refractivity contribution in [2.75, 3.05) is 7.11 Å². The van der Waals surface area contributed by atoms with Gasteiger partial charge in [0.2, 0.25) is 0 Å². The number of fused-ring (bicyclic) bond motifs is 6. The number of rotatable bonds is 2. The van der Waals surface area contributed by atoms with Gasteiger partial charge in [-0.3, -0.25) is 14.4 Å². The molecule has 7 atom stereocenters. The van der Waals surface area contributed by atoms with Crippen molar-refractivity contribution in [2.24, 2.45) is 44.3 Å².